The number of nitrogens with zero attached hydrogens (tertiary/aromatic N) is 1. The molecule has 3 heteroatoms. The molecule has 0 aliphatic carbocycles. The molecular formula is C16H12INO. The predicted octanol–water partition coefficient (Wildman–Crippen LogP) is 4.42. The van der Waals surface area contributed by atoms with E-state index in [0.29, 0.717) is 6.61 Å². The number of pyridine rings is 1. The van der Waals surface area contributed by atoms with Gasteiger partial charge in [-0.1, -0.05) is 30.3 Å². The van der Waals surface area contributed by atoms with Gasteiger partial charge in [-0.25, -0.2) is 0 Å². The van der Waals surface area contributed by atoms with Gasteiger partial charge in [0.15, 0.2) is 0 Å². The average molecular weight is 361 g/mol. The highest BCUT2D eigenvalue weighted by Crippen LogP contribution is 2.21. The van der Waals surface area contributed by atoms with Gasteiger partial charge in [-0.2, -0.15) is 0 Å². The molecule has 3 aromatic rings. The smallest absolute Gasteiger partial charge is 0.120 e. The number of fused-ring (bicyclic) bond motifs is 1. The first-order valence-corrected chi connectivity index (χ1v) is 7.11. The minimum Gasteiger partial charge on any atom is -0.489 e. The summed E-state index contributed by atoms with van der Waals surface area (Å²) in [5.41, 5.74) is 2.16. The molecule has 0 saturated heterocycles. The van der Waals surface area contributed by atoms with E-state index < -0.39 is 0 Å². The van der Waals surface area contributed by atoms with E-state index in [0.717, 1.165) is 20.2 Å². The van der Waals surface area contributed by atoms with Crippen LogP contribution in [0.4, 0.5) is 0 Å². The van der Waals surface area contributed by atoms with Crippen molar-refractivity contribution in [3.05, 3.63) is 69.9 Å². The fourth-order valence-electron chi connectivity index (χ4n) is 1.91. The highest BCUT2D eigenvalue weighted by molar-refractivity contribution is 14.1. The van der Waals surface area contributed by atoms with Gasteiger partial charge in [-0.3, -0.25) is 4.98 Å². The van der Waals surface area contributed by atoms with Gasteiger partial charge in [0.1, 0.15) is 12.4 Å². The van der Waals surface area contributed by atoms with Gasteiger partial charge in [-0.15, -0.1) is 0 Å². The van der Waals surface area contributed by atoms with Crippen LogP contribution in [-0.4, -0.2) is 4.98 Å². The molecule has 0 radical (unpaired) electrons. The lowest BCUT2D eigenvalue weighted by molar-refractivity contribution is 0.306. The third kappa shape index (κ3) is 3.04. The van der Waals surface area contributed by atoms with Crippen molar-refractivity contribution in [3.63, 3.8) is 0 Å². The molecule has 0 aliphatic heterocycles. The molecule has 0 unspecified atom stereocenters. The zero-order chi connectivity index (χ0) is 13.1. The number of halogens is 1. The third-order valence-electron chi connectivity index (χ3n) is 2.87. The molecule has 0 amide bonds. The van der Waals surface area contributed by atoms with Crippen molar-refractivity contribution in [2.45, 2.75) is 6.61 Å². The molecule has 0 fully saturated rings. The maximum atomic E-state index is 5.81. The highest BCUT2D eigenvalue weighted by Gasteiger charge is 2.00. The molecule has 1 aromatic heterocycles. The summed E-state index contributed by atoms with van der Waals surface area (Å²) in [6.07, 6.45) is 1.87. The van der Waals surface area contributed by atoms with Gasteiger partial charge < -0.3 is 4.74 Å². The Bertz CT molecular complexity index is 697. The maximum absolute atomic E-state index is 5.81. The number of rotatable bonds is 3. The predicted molar refractivity (Wildman–Crippen MR) is 85.2 cm³/mol. The van der Waals surface area contributed by atoms with E-state index in [9.17, 15) is 0 Å². The quantitative estimate of drug-likeness (QED) is 0.645. The molecule has 0 saturated carbocycles. The van der Waals surface area contributed by atoms with Crippen LogP contribution >= 0.6 is 22.6 Å². The lowest BCUT2D eigenvalue weighted by Gasteiger charge is -2.07. The number of aromatic nitrogens is 1. The Morgan fingerprint density at radius 2 is 1.84 bits per heavy atom. The van der Waals surface area contributed by atoms with Crippen LogP contribution in [0.15, 0.2) is 60.8 Å². The third-order valence-corrected chi connectivity index (χ3v) is 3.46. The molecule has 2 nitrogen and oxygen atoms in total. The van der Waals surface area contributed by atoms with E-state index in [1.807, 2.05) is 42.6 Å². The number of hydrogen-bond acceptors (Lipinski definition) is 2. The zero-order valence-corrected chi connectivity index (χ0v) is 12.4. The molecule has 0 spiro atoms. The molecule has 0 bridgehead atoms. The second kappa shape index (κ2) is 5.57. The van der Waals surface area contributed by atoms with Gasteiger partial charge in [0, 0.05) is 15.2 Å². The average Bonchev–Trinajstić information content (AvgIpc) is 2.46. The zero-order valence-electron chi connectivity index (χ0n) is 10.2. The monoisotopic (exact) mass is 361 g/mol. The second-order valence-electron chi connectivity index (χ2n) is 4.28. The van der Waals surface area contributed by atoms with Gasteiger partial charge in [0.2, 0.25) is 0 Å². The second-order valence-corrected chi connectivity index (χ2v) is 5.53. The van der Waals surface area contributed by atoms with Crippen LogP contribution in [0.2, 0.25) is 0 Å². The van der Waals surface area contributed by atoms with Crippen LogP contribution in [0.3, 0.4) is 0 Å². The van der Waals surface area contributed by atoms with Crippen molar-refractivity contribution in [2.75, 3.05) is 0 Å². The van der Waals surface area contributed by atoms with Crippen molar-refractivity contribution in [3.8, 4) is 5.75 Å². The van der Waals surface area contributed by atoms with E-state index in [4.69, 9.17) is 4.74 Å². The van der Waals surface area contributed by atoms with Crippen LogP contribution in [0.25, 0.3) is 10.9 Å². The Morgan fingerprint density at radius 3 is 2.68 bits per heavy atom. The summed E-state index contributed by atoms with van der Waals surface area (Å²) in [7, 11) is 0. The van der Waals surface area contributed by atoms with E-state index in [1.54, 1.807) is 0 Å². The Hall–Kier alpha value is -1.62. The number of hydrogen-bond donors (Lipinski definition) is 0. The normalized spacial score (nSPS) is 10.6. The van der Waals surface area contributed by atoms with Crippen LogP contribution in [0.1, 0.15) is 5.56 Å². The SMILES string of the molecule is Ic1cnc2ccc(OCc3ccccc3)cc2c1. The van der Waals surface area contributed by atoms with Crippen molar-refractivity contribution in [1.29, 1.82) is 0 Å². The largest absolute Gasteiger partial charge is 0.489 e. The fourth-order valence-corrected chi connectivity index (χ4v) is 2.39. The van der Waals surface area contributed by atoms with Gasteiger partial charge in [-0.05, 0) is 52.4 Å². The molecule has 3 rings (SSSR count). The standard InChI is InChI=1S/C16H12INO/c17-14-8-13-9-15(6-7-16(13)18-10-14)19-11-12-4-2-1-3-5-12/h1-10H,11H2. The summed E-state index contributed by atoms with van der Waals surface area (Å²) in [4.78, 5) is 4.38. The molecule has 0 aliphatic rings. The lowest BCUT2D eigenvalue weighted by Crippen LogP contribution is -1.95. The molecule has 94 valence electrons. The first-order valence-electron chi connectivity index (χ1n) is 6.03. The molecule has 19 heavy (non-hydrogen) atoms. The summed E-state index contributed by atoms with van der Waals surface area (Å²) >= 11 is 2.27. The van der Waals surface area contributed by atoms with Gasteiger partial charge in [0.25, 0.3) is 0 Å². The van der Waals surface area contributed by atoms with E-state index in [1.165, 1.54) is 5.56 Å². The topological polar surface area (TPSA) is 22.1 Å². The first-order chi connectivity index (χ1) is 9.31. The summed E-state index contributed by atoms with van der Waals surface area (Å²) in [6, 6.07) is 18.3. The minimum atomic E-state index is 0.587. The lowest BCUT2D eigenvalue weighted by atomic mass is 10.2. The molecule has 1 heterocycles. The van der Waals surface area contributed by atoms with Crippen molar-refractivity contribution < 1.29 is 4.74 Å². The molecule has 2 aromatic carbocycles. The Balaban J connectivity index is 1.81. The number of ether oxygens (including phenoxy) is 1. The Kier molecular flexibility index (Phi) is 3.64. The molecular weight excluding hydrogens is 349 g/mol. The van der Waals surface area contributed by atoms with Gasteiger partial charge >= 0.3 is 0 Å². The first kappa shape index (κ1) is 12.4. The summed E-state index contributed by atoms with van der Waals surface area (Å²) < 4.78 is 6.94. The van der Waals surface area contributed by atoms with E-state index >= 15 is 0 Å². The van der Waals surface area contributed by atoms with Crippen LogP contribution in [0, 0.1) is 3.57 Å². The van der Waals surface area contributed by atoms with E-state index in [-0.39, 0.29) is 0 Å². The number of benzene rings is 2. The molecule has 0 N–H and O–H groups in total. The van der Waals surface area contributed by atoms with Crippen LogP contribution in [0.5, 0.6) is 5.75 Å². The summed E-state index contributed by atoms with van der Waals surface area (Å²) in [5, 5.41) is 1.11. The fraction of sp³-hybridized carbons (Fsp3) is 0.0625. The maximum Gasteiger partial charge on any atom is 0.120 e. The van der Waals surface area contributed by atoms with Crippen molar-refractivity contribution in [2.24, 2.45) is 0 Å². The van der Waals surface area contributed by atoms with Crippen molar-refractivity contribution in [1.82, 2.24) is 4.98 Å². The Labute approximate surface area is 125 Å². The van der Waals surface area contributed by atoms with Crippen LogP contribution in [-0.2, 0) is 6.61 Å². The highest BCUT2D eigenvalue weighted by atomic mass is 127. The molecule has 0 atom stereocenters. The minimum absolute atomic E-state index is 0.587. The van der Waals surface area contributed by atoms with Crippen molar-refractivity contribution >= 4 is 33.5 Å². The van der Waals surface area contributed by atoms with Crippen LogP contribution < -0.4 is 4.74 Å². The Morgan fingerprint density at radius 1 is 1.00 bits per heavy atom. The van der Waals surface area contributed by atoms with E-state index in [2.05, 4.69) is 45.8 Å². The van der Waals surface area contributed by atoms with Gasteiger partial charge in [0.05, 0.1) is 5.52 Å². The summed E-state index contributed by atoms with van der Waals surface area (Å²) in [5.74, 6) is 0.875. The summed E-state index contributed by atoms with van der Waals surface area (Å²) in [6.45, 7) is 0.587.